The summed E-state index contributed by atoms with van der Waals surface area (Å²) in [5.41, 5.74) is 0.942. The van der Waals surface area contributed by atoms with Crippen LogP contribution in [0.3, 0.4) is 0 Å². The second-order valence-corrected chi connectivity index (χ2v) is 5.24. The molecule has 0 saturated carbocycles. The summed E-state index contributed by atoms with van der Waals surface area (Å²) >= 11 is 0.507. The van der Waals surface area contributed by atoms with Crippen molar-refractivity contribution in [3.8, 4) is 0 Å². The molecule has 0 aliphatic carbocycles. The number of hydrogen-bond acceptors (Lipinski definition) is 3. The quantitative estimate of drug-likeness (QED) is 0.828. The SMILES string of the molecule is O=C(O)C1CNC(c2ccc(SC(F)F)cc2)C1. The van der Waals surface area contributed by atoms with Crippen LogP contribution < -0.4 is 5.32 Å². The molecule has 1 heterocycles. The molecule has 1 fully saturated rings. The third-order valence-electron chi connectivity index (χ3n) is 2.99. The van der Waals surface area contributed by atoms with Crippen LogP contribution in [0.5, 0.6) is 0 Å². The first kappa shape index (κ1) is 13.3. The lowest BCUT2D eigenvalue weighted by atomic mass is 10.0. The van der Waals surface area contributed by atoms with E-state index in [9.17, 15) is 13.6 Å². The number of benzene rings is 1. The molecule has 1 aliphatic rings. The van der Waals surface area contributed by atoms with Crippen LogP contribution in [0.25, 0.3) is 0 Å². The lowest BCUT2D eigenvalue weighted by molar-refractivity contribution is -0.141. The highest BCUT2D eigenvalue weighted by molar-refractivity contribution is 7.99. The number of alkyl halides is 2. The second-order valence-electron chi connectivity index (χ2n) is 4.18. The summed E-state index contributed by atoms with van der Waals surface area (Å²) in [6.07, 6.45) is 0.538. The normalized spacial score (nSPS) is 23.5. The molecule has 2 N–H and O–H groups in total. The minimum Gasteiger partial charge on any atom is -0.481 e. The van der Waals surface area contributed by atoms with Crippen LogP contribution in [0, 0.1) is 5.92 Å². The first-order valence-electron chi connectivity index (χ1n) is 5.57. The van der Waals surface area contributed by atoms with Crippen LogP contribution >= 0.6 is 11.8 Å². The van der Waals surface area contributed by atoms with E-state index in [4.69, 9.17) is 5.11 Å². The molecule has 0 bridgehead atoms. The van der Waals surface area contributed by atoms with Gasteiger partial charge in [-0.3, -0.25) is 4.79 Å². The van der Waals surface area contributed by atoms with Crippen molar-refractivity contribution in [3.05, 3.63) is 29.8 Å². The summed E-state index contributed by atoms with van der Waals surface area (Å²) in [4.78, 5) is 11.3. The Labute approximate surface area is 108 Å². The minimum atomic E-state index is -2.42. The van der Waals surface area contributed by atoms with Crippen molar-refractivity contribution in [3.63, 3.8) is 0 Å². The van der Waals surface area contributed by atoms with Gasteiger partial charge >= 0.3 is 5.97 Å². The fraction of sp³-hybridized carbons (Fsp3) is 0.417. The van der Waals surface area contributed by atoms with Gasteiger partial charge in [0.25, 0.3) is 5.76 Å². The smallest absolute Gasteiger partial charge is 0.307 e. The first-order valence-corrected chi connectivity index (χ1v) is 6.45. The average Bonchev–Trinajstić information content (AvgIpc) is 2.78. The lowest BCUT2D eigenvalue weighted by Gasteiger charge is -2.11. The van der Waals surface area contributed by atoms with Crippen molar-refractivity contribution in [1.82, 2.24) is 5.32 Å². The summed E-state index contributed by atoms with van der Waals surface area (Å²) < 4.78 is 24.3. The maximum atomic E-state index is 12.1. The number of halogens is 2. The highest BCUT2D eigenvalue weighted by Gasteiger charge is 2.29. The van der Waals surface area contributed by atoms with Gasteiger partial charge in [0.05, 0.1) is 5.92 Å². The number of carbonyl (C=O) groups is 1. The lowest BCUT2D eigenvalue weighted by Crippen LogP contribution is -2.17. The zero-order valence-electron chi connectivity index (χ0n) is 9.48. The van der Waals surface area contributed by atoms with Gasteiger partial charge in [-0.25, -0.2) is 0 Å². The van der Waals surface area contributed by atoms with Crippen LogP contribution in [-0.4, -0.2) is 23.4 Å². The molecule has 98 valence electrons. The summed E-state index contributed by atoms with van der Waals surface area (Å²) in [5.74, 6) is -3.59. The topological polar surface area (TPSA) is 49.3 Å². The molecule has 0 amide bonds. The number of nitrogens with one attached hydrogen (secondary N) is 1. The number of aliphatic carboxylic acids is 1. The zero-order valence-corrected chi connectivity index (χ0v) is 10.3. The number of carboxylic acids is 1. The Morgan fingerprint density at radius 3 is 2.56 bits per heavy atom. The Bertz CT molecular complexity index is 425. The van der Waals surface area contributed by atoms with E-state index in [2.05, 4.69) is 5.32 Å². The Morgan fingerprint density at radius 1 is 1.39 bits per heavy atom. The predicted molar refractivity (Wildman–Crippen MR) is 64.8 cm³/mol. The van der Waals surface area contributed by atoms with E-state index < -0.39 is 11.7 Å². The molecular formula is C12H13F2NO2S. The van der Waals surface area contributed by atoms with E-state index >= 15 is 0 Å². The molecule has 0 radical (unpaired) electrons. The molecule has 2 atom stereocenters. The van der Waals surface area contributed by atoms with Gasteiger partial charge < -0.3 is 10.4 Å². The predicted octanol–water partition coefficient (Wildman–Crippen LogP) is 2.74. The van der Waals surface area contributed by atoms with Gasteiger partial charge in [-0.15, -0.1) is 0 Å². The van der Waals surface area contributed by atoms with Gasteiger partial charge in [-0.2, -0.15) is 8.78 Å². The van der Waals surface area contributed by atoms with E-state index in [1.54, 1.807) is 24.3 Å². The Kier molecular flexibility index (Phi) is 4.19. The molecule has 2 unspecified atom stereocenters. The number of hydrogen-bond donors (Lipinski definition) is 2. The third-order valence-corrected chi connectivity index (χ3v) is 3.71. The summed E-state index contributed by atoms with van der Waals surface area (Å²) in [5, 5.41) is 12.0. The van der Waals surface area contributed by atoms with Gasteiger partial charge in [-0.1, -0.05) is 23.9 Å². The van der Waals surface area contributed by atoms with E-state index in [1.165, 1.54) is 0 Å². The van der Waals surface area contributed by atoms with Gasteiger partial charge in [0.15, 0.2) is 0 Å². The Balaban J connectivity index is 2.00. The Hall–Kier alpha value is -1.14. The van der Waals surface area contributed by atoms with Gasteiger partial charge in [0.1, 0.15) is 0 Å². The van der Waals surface area contributed by atoms with Gasteiger partial charge in [0, 0.05) is 17.5 Å². The van der Waals surface area contributed by atoms with Crippen molar-refractivity contribution >= 4 is 17.7 Å². The molecule has 0 spiro atoms. The van der Waals surface area contributed by atoms with E-state index in [0.717, 1.165) is 5.56 Å². The molecule has 1 aromatic rings. The Morgan fingerprint density at radius 2 is 2.06 bits per heavy atom. The number of thioether (sulfide) groups is 1. The molecule has 6 heteroatoms. The van der Waals surface area contributed by atoms with Crippen LogP contribution in [0.15, 0.2) is 29.2 Å². The molecule has 0 aromatic heterocycles. The monoisotopic (exact) mass is 273 g/mol. The second kappa shape index (κ2) is 5.67. The first-order chi connectivity index (χ1) is 8.56. The fourth-order valence-corrected chi connectivity index (χ4v) is 2.56. The van der Waals surface area contributed by atoms with E-state index in [-0.39, 0.29) is 12.0 Å². The maximum Gasteiger partial charge on any atom is 0.307 e. The maximum absolute atomic E-state index is 12.1. The highest BCUT2D eigenvalue weighted by atomic mass is 32.2. The molecule has 1 aliphatic heterocycles. The largest absolute Gasteiger partial charge is 0.481 e. The van der Waals surface area contributed by atoms with Crippen LogP contribution in [0.4, 0.5) is 8.78 Å². The van der Waals surface area contributed by atoms with Gasteiger partial charge in [0.2, 0.25) is 0 Å². The molecular weight excluding hydrogens is 260 g/mol. The average molecular weight is 273 g/mol. The van der Waals surface area contributed by atoms with Crippen LogP contribution in [-0.2, 0) is 4.79 Å². The van der Waals surface area contributed by atoms with Crippen LogP contribution in [0.1, 0.15) is 18.0 Å². The summed E-state index contributed by atoms with van der Waals surface area (Å²) in [7, 11) is 0. The fourth-order valence-electron chi connectivity index (χ4n) is 2.06. The van der Waals surface area contributed by atoms with Gasteiger partial charge in [-0.05, 0) is 24.1 Å². The molecule has 1 aromatic carbocycles. The molecule has 2 rings (SSSR count). The third kappa shape index (κ3) is 3.20. The van der Waals surface area contributed by atoms with Crippen molar-refractivity contribution in [1.29, 1.82) is 0 Å². The van der Waals surface area contributed by atoms with Crippen molar-refractivity contribution < 1.29 is 18.7 Å². The van der Waals surface area contributed by atoms with Crippen molar-refractivity contribution in [2.24, 2.45) is 5.92 Å². The van der Waals surface area contributed by atoms with Crippen molar-refractivity contribution in [2.45, 2.75) is 23.1 Å². The minimum absolute atomic E-state index is 0.00306. The molecule has 18 heavy (non-hydrogen) atoms. The van der Waals surface area contributed by atoms with Crippen LogP contribution in [0.2, 0.25) is 0 Å². The molecule has 3 nitrogen and oxygen atoms in total. The molecule has 1 saturated heterocycles. The summed E-state index contributed by atoms with van der Waals surface area (Å²) in [6, 6.07) is 6.82. The highest BCUT2D eigenvalue weighted by Crippen LogP contribution is 2.30. The van der Waals surface area contributed by atoms with E-state index in [1.807, 2.05) is 0 Å². The standard InChI is InChI=1S/C12H13F2NO2S/c13-12(14)18-9-3-1-7(2-4-9)10-5-8(6-15-10)11(16)17/h1-4,8,10,12,15H,5-6H2,(H,16,17). The van der Waals surface area contributed by atoms with E-state index in [0.29, 0.717) is 29.6 Å². The van der Waals surface area contributed by atoms with Crippen molar-refractivity contribution in [2.75, 3.05) is 6.54 Å². The summed E-state index contributed by atoms with van der Waals surface area (Å²) in [6.45, 7) is 0.452. The number of carboxylic acid groups (broad SMARTS) is 1. The zero-order chi connectivity index (χ0) is 13.1. The number of rotatable bonds is 4.